The van der Waals surface area contributed by atoms with Gasteiger partial charge in [-0.2, -0.15) is 0 Å². The van der Waals surface area contributed by atoms with Crippen molar-refractivity contribution in [1.82, 2.24) is 9.55 Å². The van der Waals surface area contributed by atoms with E-state index in [1.54, 1.807) is 11.3 Å². The van der Waals surface area contributed by atoms with Crippen LogP contribution in [0.3, 0.4) is 0 Å². The SMILES string of the molecule is CNc1nccn1CCc1cccs1. The first kappa shape index (κ1) is 9.27. The highest BCUT2D eigenvalue weighted by Gasteiger charge is 2.00. The van der Waals surface area contributed by atoms with Crippen LogP contribution in [0.25, 0.3) is 0 Å². The Labute approximate surface area is 87.4 Å². The van der Waals surface area contributed by atoms with Gasteiger partial charge >= 0.3 is 0 Å². The van der Waals surface area contributed by atoms with Gasteiger partial charge < -0.3 is 9.88 Å². The summed E-state index contributed by atoms with van der Waals surface area (Å²) in [5.41, 5.74) is 0. The van der Waals surface area contributed by atoms with Gasteiger partial charge in [0.25, 0.3) is 0 Å². The van der Waals surface area contributed by atoms with E-state index in [9.17, 15) is 0 Å². The predicted octanol–water partition coefficient (Wildman–Crippen LogP) is 2.23. The molecule has 74 valence electrons. The molecule has 4 heteroatoms. The van der Waals surface area contributed by atoms with Gasteiger partial charge in [-0.25, -0.2) is 4.98 Å². The van der Waals surface area contributed by atoms with Crippen molar-refractivity contribution in [2.24, 2.45) is 0 Å². The zero-order chi connectivity index (χ0) is 9.80. The molecule has 2 aromatic heterocycles. The lowest BCUT2D eigenvalue weighted by molar-refractivity contribution is 0.709. The average Bonchev–Trinajstić information content (AvgIpc) is 2.85. The summed E-state index contributed by atoms with van der Waals surface area (Å²) < 4.78 is 2.12. The van der Waals surface area contributed by atoms with Crippen LogP contribution in [0, 0.1) is 0 Å². The first-order valence-corrected chi connectivity index (χ1v) is 5.49. The van der Waals surface area contributed by atoms with E-state index in [-0.39, 0.29) is 0 Å². The number of aryl methyl sites for hydroxylation is 2. The number of rotatable bonds is 4. The second kappa shape index (κ2) is 4.28. The number of nitrogens with zero attached hydrogens (tertiary/aromatic N) is 2. The molecular formula is C10H13N3S. The largest absolute Gasteiger partial charge is 0.359 e. The third-order valence-corrected chi connectivity index (χ3v) is 3.05. The van der Waals surface area contributed by atoms with E-state index >= 15 is 0 Å². The number of aromatic nitrogens is 2. The molecule has 0 fully saturated rings. The fraction of sp³-hybridized carbons (Fsp3) is 0.300. The lowest BCUT2D eigenvalue weighted by Gasteiger charge is -2.05. The van der Waals surface area contributed by atoms with Crippen molar-refractivity contribution in [3.63, 3.8) is 0 Å². The maximum absolute atomic E-state index is 4.19. The molecule has 0 saturated carbocycles. The summed E-state index contributed by atoms with van der Waals surface area (Å²) in [4.78, 5) is 5.61. The minimum atomic E-state index is 0.932. The van der Waals surface area contributed by atoms with Gasteiger partial charge in [0.1, 0.15) is 0 Å². The molecule has 0 unspecified atom stereocenters. The highest BCUT2D eigenvalue weighted by Crippen LogP contribution is 2.11. The molecule has 2 heterocycles. The Morgan fingerprint density at radius 2 is 2.50 bits per heavy atom. The topological polar surface area (TPSA) is 29.9 Å². The van der Waals surface area contributed by atoms with Crippen molar-refractivity contribution in [2.75, 3.05) is 12.4 Å². The zero-order valence-corrected chi connectivity index (χ0v) is 8.92. The minimum Gasteiger partial charge on any atom is -0.359 e. The van der Waals surface area contributed by atoms with Gasteiger partial charge in [0, 0.05) is 30.9 Å². The molecule has 0 saturated heterocycles. The standard InChI is InChI=1S/C10H13N3S/c1-11-10-12-5-7-13(10)6-4-9-3-2-8-14-9/h2-3,5,7-8H,4,6H2,1H3,(H,11,12). The summed E-state index contributed by atoms with van der Waals surface area (Å²) in [5.74, 6) is 0.932. The first-order valence-electron chi connectivity index (χ1n) is 4.61. The Morgan fingerprint density at radius 1 is 1.57 bits per heavy atom. The third kappa shape index (κ3) is 1.96. The number of anilines is 1. The number of hydrogen-bond acceptors (Lipinski definition) is 3. The van der Waals surface area contributed by atoms with E-state index < -0.39 is 0 Å². The van der Waals surface area contributed by atoms with Gasteiger partial charge in [0.2, 0.25) is 5.95 Å². The van der Waals surface area contributed by atoms with Gasteiger partial charge in [0.05, 0.1) is 0 Å². The van der Waals surface area contributed by atoms with Crippen LogP contribution >= 0.6 is 11.3 Å². The molecule has 0 aliphatic rings. The molecule has 2 aromatic rings. The first-order chi connectivity index (χ1) is 6.90. The van der Waals surface area contributed by atoms with Crippen LogP contribution in [0.5, 0.6) is 0 Å². The van der Waals surface area contributed by atoms with Crippen molar-refractivity contribution >= 4 is 17.3 Å². The fourth-order valence-electron chi connectivity index (χ4n) is 1.40. The van der Waals surface area contributed by atoms with Crippen LogP contribution in [0.15, 0.2) is 29.9 Å². The molecule has 14 heavy (non-hydrogen) atoms. The van der Waals surface area contributed by atoms with E-state index in [2.05, 4.69) is 32.4 Å². The smallest absolute Gasteiger partial charge is 0.202 e. The number of hydrogen-bond donors (Lipinski definition) is 1. The van der Waals surface area contributed by atoms with E-state index in [0.717, 1.165) is 18.9 Å². The van der Waals surface area contributed by atoms with Crippen molar-refractivity contribution in [2.45, 2.75) is 13.0 Å². The molecule has 0 aliphatic carbocycles. The fourth-order valence-corrected chi connectivity index (χ4v) is 2.10. The van der Waals surface area contributed by atoms with Gasteiger partial charge in [-0.1, -0.05) is 6.07 Å². The van der Waals surface area contributed by atoms with Crippen LogP contribution in [0.4, 0.5) is 5.95 Å². The normalized spacial score (nSPS) is 10.4. The molecule has 0 spiro atoms. The van der Waals surface area contributed by atoms with Crippen molar-refractivity contribution < 1.29 is 0 Å². The molecule has 1 N–H and O–H groups in total. The van der Waals surface area contributed by atoms with Crippen LogP contribution in [-0.4, -0.2) is 16.6 Å². The molecular weight excluding hydrogens is 194 g/mol. The van der Waals surface area contributed by atoms with Crippen molar-refractivity contribution in [3.8, 4) is 0 Å². The minimum absolute atomic E-state index is 0.932. The molecule has 0 aliphatic heterocycles. The summed E-state index contributed by atoms with van der Waals surface area (Å²) in [6.07, 6.45) is 4.89. The summed E-state index contributed by atoms with van der Waals surface area (Å²) in [7, 11) is 1.89. The van der Waals surface area contributed by atoms with Gasteiger partial charge in [-0.05, 0) is 17.9 Å². The van der Waals surface area contributed by atoms with Crippen LogP contribution < -0.4 is 5.32 Å². The highest BCUT2D eigenvalue weighted by atomic mass is 32.1. The Bertz CT molecular complexity index is 378. The summed E-state index contributed by atoms with van der Waals surface area (Å²) in [5, 5.41) is 5.17. The predicted molar refractivity (Wildman–Crippen MR) is 59.8 cm³/mol. The summed E-state index contributed by atoms with van der Waals surface area (Å²) in [6, 6.07) is 4.26. The van der Waals surface area contributed by atoms with Crippen LogP contribution in [0.2, 0.25) is 0 Å². The van der Waals surface area contributed by atoms with E-state index in [0.29, 0.717) is 0 Å². The molecule has 0 radical (unpaired) electrons. The number of thiophene rings is 1. The third-order valence-electron chi connectivity index (χ3n) is 2.12. The maximum atomic E-state index is 4.19. The van der Waals surface area contributed by atoms with Crippen LogP contribution in [-0.2, 0) is 13.0 Å². The summed E-state index contributed by atoms with van der Waals surface area (Å²) >= 11 is 1.80. The lowest BCUT2D eigenvalue weighted by Crippen LogP contribution is -2.04. The number of imidazole rings is 1. The van der Waals surface area contributed by atoms with E-state index in [1.807, 2.05) is 19.4 Å². The number of nitrogens with one attached hydrogen (secondary N) is 1. The molecule has 0 bridgehead atoms. The Morgan fingerprint density at radius 3 is 3.21 bits per heavy atom. The summed E-state index contributed by atoms with van der Waals surface area (Å²) in [6.45, 7) is 0.983. The molecule has 0 atom stereocenters. The highest BCUT2D eigenvalue weighted by molar-refractivity contribution is 7.09. The Kier molecular flexibility index (Phi) is 2.84. The Balaban J connectivity index is 1.98. The van der Waals surface area contributed by atoms with Crippen molar-refractivity contribution in [1.29, 1.82) is 0 Å². The molecule has 0 aromatic carbocycles. The van der Waals surface area contributed by atoms with Crippen molar-refractivity contribution in [3.05, 3.63) is 34.8 Å². The monoisotopic (exact) mass is 207 g/mol. The zero-order valence-electron chi connectivity index (χ0n) is 8.10. The second-order valence-electron chi connectivity index (χ2n) is 3.02. The second-order valence-corrected chi connectivity index (χ2v) is 4.06. The van der Waals surface area contributed by atoms with E-state index in [4.69, 9.17) is 0 Å². The molecule has 0 amide bonds. The van der Waals surface area contributed by atoms with E-state index in [1.165, 1.54) is 4.88 Å². The van der Waals surface area contributed by atoms with Gasteiger partial charge in [0.15, 0.2) is 0 Å². The van der Waals surface area contributed by atoms with Gasteiger partial charge in [-0.15, -0.1) is 11.3 Å². The van der Waals surface area contributed by atoms with Gasteiger partial charge in [-0.3, -0.25) is 0 Å². The molecule has 3 nitrogen and oxygen atoms in total. The quantitative estimate of drug-likeness (QED) is 0.833. The lowest BCUT2D eigenvalue weighted by atomic mass is 10.3. The maximum Gasteiger partial charge on any atom is 0.202 e. The Hall–Kier alpha value is -1.29. The average molecular weight is 207 g/mol. The molecule has 2 rings (SSSR count). The van der Waals surface area contributed by atoms with Crippen LogP contribution in [0.1, 0.15) is 4.88 Å².